The van der Waals surface area contributed by atoms with Crippen molar-refractivity contribution in [1.82, 2.24) is 20.3 Å². The molecule has 0 aliphatic rings. The number of oxime groups is 1. The lowest BCUT2D eigenvalue weighted by Gasteiger charge is -2.10. The molecule has 0 spiro atoms. The zero-order valence-electron chi connectivity index (χ0n) is 8.67. The fraction of sp³-hybridized carbons (Fsp3) is 0.625. The maximum Gasteiger partial charge on any atom is 0.143 e. The Hall–Kier alpha value is -1.63. The molecule has 84 valence electrons. The molecule has 0 aliphatic heterocycles. The van der Waals surface area contributed by atoms with Crippen LogP contribution in [-0.4, -0.2) is 39.1 Å². The van der Waals surface area contributed by atoms with Crippen molar-refractivity contribution in [3.05, 3.63) is 12.4 Å². The van der Waals surface area contributed by atoms with Crippen LogP contribution in [0.15, 0.2) is 17.5 Å². The third-order valence-corrected chi connectivity index (χ3v) is 2.06. The van der Waals surface area contributed by atoms with Gasteiger partial charge in [-0.1, -0.05) is 17.3 Å². The molecule has 0 saturated carbocycles. The van der Waals surface area contributed by atoms with E-state index in [2.05, 4.69) is 20.8 Å². The number of nitrogens with two attached hydrogens (primary N) is 1. The number of hydrogen-bond donors (Lipinski definition) is 3. The summed E-state index contributed by atoms with van der Waals surface area (Å²) in [7, 11) is 0. The Morgan fingerprint density at radius 1 is 1.73 bits per heavy atom. The van der Waals surface area contributed by atoms with Gasteiger partial charge in [-0.25, -0.2) is 0 Å². The van der Waals surface area contributed by atoms with Crippen LogP contribution in [0.3, 0.4) is 0 Å². The molecule has 0 radical (unpaired) electrons. The summed E-state index contributed by atoms with van der Waals surface area (Å²) in [5.74, 6) is 0.258. The smallest absolute Gasteiger partial charge is 0.143 e. The van der Waals surface area contributed by atoms with Crippen molar-refractivity contribution in [2.45, 2.75) is 13.5 Å². The number of nitrogens with zero attached hydrogens (tertiary/aromatic N) is 4. The number of hydrogen-bond acceptors (Lipinski definition) is 5. The first-order valence-electron chi connectivity index (χ1n) is 4.76. The van der Waals surface area contributed by atoms with Gasteiger partial charge in [0.2, 0.25) is 0 Å². The molecule has 1 unspecified atom stereocenters. The van der Waals surface area contributed by atoms with Crippen molar-refractivity contribution in [1.29, 1.82) is 0 Å². The molecule has 1 aromatic rings. The van der Waals surface area contributed by atoms with Gasteiger partial charge in [0, 0.05) is 25.2 Å². The van der Waals surface area contributed by atoms with E-state index in [-0.39, 0.29) is 11.8 Å². The van der Waals surface area contributed by atoms with Gasteiger partial charge >= 0.3 is 0 Å². The summed E-state index contributed by atoms with van der Waals surface area (Å²) in [6.45, 7) is 4.08. The van der Waals surface area contributed by atoms with Crippen molar-refractivity contribution >= 4 is 5.84 Å². The standard InChI is InChI=1S/C8H16N6O/c1-7(8(9)12-15)6-10-2-4-14-5-3-11-13-14/h3,5,7,10,15H,2,4,6H2,1H3,(H2,9,12). The van der Waals surface area contributed by atoms with E-state index in [9.17, 15) is 0 Å². The number of rotatable bonds is 6. The number of nitrogens with one attached hydrogen (secondary N) is 1. The largest absolute Gasteiger partial charge is 0.409 e. The molecule has 1 heterocycles. The topological polar surface area (TPSA) is 101 Å². The zero-order chi connectivity index (χ0) is 11.1. The van der Waals surface area contributed by atoms with E-state index in [4.69, 9.17) is 10.9 Å². The maximum absolute atomic E-state index is 8.42. The summed E-state index contributed by atoms with van der Waals surface area (Å²) in [5.41, 5.74) is 5.43. The van der Waals surface area contributed by atoms with Crippen LogP contribution in [0.5, 0.6) is 0 Å². The van der Waals surface area contributed by atoms with E-state index in [0.717, 1.165) is 13.1 Å². The number of amidine groups is 1. The highest BCUT2D eigenvalue weighted by molar-refractivity contribution is 5.82. The van der Waals surface area contributed by atoms with Gasteiger partial charge in [0.05, 0.1) is 12.7 Å². The molecule has 0 amide bonds. The first-order chi connectivity index (χ1) is 7.24. The molecule has 0 aliphatic carbocycles. The average molecular weight is 212 g/mol. The van der Waals surface area contributed by atoms with Gasteiger partial charge in [-0.15, -0.1) is 5.10 Å². The molecular formula is C8H16N6O. The van der Waals surface area contributed by atoms with E-state index in [1.807, 2.05) is 6.92 Å². The van der Waals surface area contributed by atoms with Gasteiger partial charge in [0.25, 0.3) is 0 Å². The fourth-order valence-electron chi connectivity index (χ4n) is 1.07. The molecule has 1 aromatic heterocycles. The van der Waals surface area contributed by atoms with Crippen LogP contribution in [0.4, 0.5) is 0 Å². The van der Waals surface area contributed by atoms with Crippen molar-refractivity contribution in [2.75, 3.05) is 13.1 Å². The lowest BCUT2D eigenvalue weighted by atomic mass is 10.1. The highest BCUT2D eigenvalue weighted by Gasteiger charge is 2.05. The molecule has 1 rings (SSSR count). The van der Waals surface area contributed by atoms with Crippen molar-refractivity contribution in [2.24, 2.45) is 16.8 Å². The minimum atomic E-state index is 0.0192. The van der Waals surface area contributed by atoms with E-state index in [0.29, 0.717) is 6.54 Å². The highest BCUT2D eigenvalue weighted by Crippen LogP contribution is 1.91. The number of aromatic nitrogens is 3. The van der Waals surface area contributed by atoms with Crippen LogP contribution in [0.1, 0.15) is 6.92 Å². The van der Waals surface area contributed by atoms with E-state index < -0.39 is 0 Å². The van der Waals surface area contributed by atoms with Gasteiger partial charge in [-0.3, -0.25) is 4.68 Å². The summed E-state index contributed by atoms with van der Waals surface area (Å²) >= 11 is 0. The lowest BCUT2D eigenvalue weighted by Crippen LogP contribution is -2.32. The molecule has 7 nitrogen and oxygen atoms in total. The fourth-order valence-corrected chi connectivity index (χ4v) is 1.07. The third-order valence-electron chi connectivity index (χ3n) is 2.06. The molecule has 0 bridgehead atoms. The summed E-state index contributed by atoms with van der Waals surface area (Å²) < 4.78 is 1.74. The zero-order valence-corrected chi connectivity index (χ0v) is 8.67. The summed E-state index contributed by atoms with van der Waals surface area (Å²) in [4.78, 5) is 0. The Morgan fingerprint density at radius 3 is 3.13 bits per heavy atom. The molecule has 0 aromatic carbocycles. The second-order valence-corrected chi connectivity index (χ2v) is 3.30. The minimum Gasteiger partial charge on any atom is -0.409 e. The predicted octanol–water partition coefficient (Wildman–Crippen LogP) is -0.750. The molecular weight excluding hydrogens is 196 g/mol. The van der Waals surface area contributed by atoms with Crippen molar-refractivity contribution in [3.63, 3.8) is 0 Å². The van der Waals surface area contributed by atoms with Gasteiger partial charge in [-0.2, -0.15) is 0 Å². The van der Waals surface area contributed by atoms with Crippen molar-refractivity contribution < 1.29 is 5.21 Å². The van der Waals surface area contributed by atoms with Gasteiger partial charge in [-0.05, 0) is 0 Å². The average Bonchev–Trinajstić information content (AvgIpc) is 2.75. The molecule has 4 N–H and O–H groups in total. The van der Waals surface area contributed by atoms with Crippen LogP contribution in [0.25, 0.3) is 0 Å². The molecule has 7 heteroatoms. The molecule has 0 fully saturated rings. The van der Waals surface area contributed by atoms with Gasteiger partial charge < -0.3 is 16.3 Å². The quantitative estimate of drug-likeness (QED) is 0.189. The third kappa shape index (κ3) is 3.94. The van der Waals surface area contributed by atoms with Gasteiger partial charge in [0.1, 0.15) is 5.84 Å². The van der Waals surface area contributed by atoms with Crippen LogP contribution >= 0.6 is 0 Å². The van der Waals surface area contributed by atoms with Crippen molar-refractivity contribution in [3.8, 4) is 0 Å². The normalized spacial score (nSPS) is 14.1. The molecule has 1 atom stereocenters. The van der Waals surface area contributed by atoms with Crippen LogP contribution in [-0.2, 0) is 6.54 Å². The SMILES string of the molecule is CC(CNCCn1ccnn1)/C(N)=N/O. The Labute approximate surface area is 87.9 Å². The highest BCUT2D eigenvalue weighted by atomic mass is 16.4. The summed E-state index contributed by atoms with van der Waals surface area (Å²) in [6.07, 6.45) is 3.44. The second-order valence-electron chi connectivity index (χ2n) is 3.30. The predicted molar refractivity (Wildman–Crippen MR) is 55.5 cm³/mol. The first kappa shape index (κ1) is 11.4. The summed E-state index contributed by atoms with van der Waals surface area (Å²) in [6, 6.07) is 0. The van der Waals surface area contributed by atoms with Crippen LogP contribution in [0.2, 0.25) is 0 Å². The Balaban J connectivity index is 2.12. The second kappa shape index (κ2) is 5.97. The molecule has 0 saturated heterocycles. The lowest BCUT2D eigenvalue weighted by molar-refractivity contribution is 0.314. The molecule has 15 heavy (non-hydrogen) atoms. The van der Waals surface area contributed by atoms with Crippen LogP contribution in [0, 0.1) is 5.92 Å². The van der Waals surface area contributed by atoms with E-state index in [1.165, 1.54) is 0 Å². The maximum atomic E-state index is 8.42. The Morgan fingerprint density at radius 2 is 2.53 bits per heavy atom. The first-order valence-corrected chi connectivity index (χ1v) is 4.76. The Bertz CT molecular complexity index is 296. The Kier molecular flexibility index (Phi) is 4.55. The van der Waals surface area contributed by atoms with Gasteiger partial charge in [0.15, 0.2) is 0 Å². The van der Waals surface area contributed by atoms with Crippen LogP contribution < -0.4 is 11.1 Å². The minimum absolute atomic E-state index is 0.0192. The monoisotopic (exact) mass is 212 g/mol. The van der Waals surface area contributed by atoms with E-state index >= 15 is 0 Å². The summed E-state index contributed by atoms with van der Waals surface area (Å²) in [5, 5.41) is 22.1. The van der Waals surface area contributed by atoms with E-state index in [1.54, 1.807) is 17.1 Å².